The second-order valence-corrected chi connectivity index (χ2v) is 8.91. The van der Waals surface area contributed by atoms with Gasteiger partial charge in [0, 0.05) is 30.2 Å². The van der Waals surface area contributed by atoms with Crippen molar-refractivity contribution in [2.24, 2.45) is 0 Å². The Bertz CT molecular complexity index is 1270. The Hall–Kier alpha value is -3.45. The van der Waals surface area contributed by atoms with Crippen LogP contribution in [0.3, 0.4) is 0 Å². The topological polar surface area (TPSA) is 39.5 Å². The average Bonchev–Trinajstić information content (AvgIpc) is 3.27. The highest BCUT2D eigenvalue weighted by Crippen LogP contribution is 2.37. The lowest BCUT2D eigenvalue weighted by molar-refractivity contribution is 0.355. The van der Waals surface area contributed by atoms with E-state index in [2.05, 4.69) is 36.6 Å². The summed E-state index contributed by atoms with van der Waals surface area (Å²) in [4.78, 5) is 6.78. The SMILES string of the molecule is COc1ccc(N(C)c2cnc(SCc3c(C)cccc3C)n2-c2ccc(F)cc2)cc1OC. The Labute approximate surface area is 204 Å². The van der Waals surface area contributed by atoms with Crippen molar-refractivity contribution in [2.45, 2.75) is 24.8 Å². The number of aryl methyl sites for hydroxylation is 2. The molecule has 0 radical (unpaired) electrons. The van der Waals surface area contributed by atoms with E-state index in [1.54, 1.807) is 38.1 Å². The molecule has 0 atom stereocenters. The number of thioether (sulfide) groups is 1. The maximum atomic E-state index is 13.7. The Morgan fingerprint density at radius 1 is 0.941 bits per heavy atom. The third-order valence-electron chi connectivity index (χ3n) is 5.88. The summed E-state index contributed by atoms with van der Waals surface area (Å²) in [6.07, 6.45) is 1.84. The van der Waals surface area contributed by atoms with E-state index in [1.807, 2.05) is 36.3 Å². The van der Waals surface area contributed by atoms with Crippen molar-refractivity contribution in [1.29, 1.82) is 0 Å². The van der Waals surface area contributed by atoms with Crippen molar-refractivity contribution in [3.8, 4) is 17.2 Å². The van der Waals surface area contributed by atoms with Gasteiger partial charge in [0.15, 0.2) is 16.7 Å². The van der Waals surface area contributed by atoms with Crippen molar-refractivity contribution in [3.63, 3.8) is 0 Å². The molecular formula is C27H28FN3O2S. The summed E-state index contributed by atoms with van der Waals surface area (Å²) >= 11 is 1.66. The Balaban J connectivity index is 1.74. The van der Waals surface area contributed by atoms with Crippen molar-refractivity contribution in [3.05, 3.63) is 89.4 Å². The molecule has 4 rings (SSSR count). The van der Waals surface area contributed by atoms with E-state index in [9.17, 15) is 4.39 Å². The molecular weight excluding hydrogens is 449 g/mol. The van der Waals surface area contributed by atoms with E-state index in [1.165, 1.54) is 28.8 Å². The molecule has 1 heterocycles. The molecule has 0 fully saturated rings. The zero-order valence-electron chi connectivity index (χ0n) is 20.0. The van der Waals surface area contributed by atoms with Gasteiger partial charge >= 0.3 is 0 Å². The van der Waals surface area contributed by atoms with Gasteiger partial charge in [-0.2, -0.15) is 0 Å². The first-order chi connectivity index (χ1) is 16.4. The normalized spacial score (nSPS) is 10.9. The summed E-state index contributed by atoms with van der Waals surface area (Å²) in [5, 5.41) is 0.830. The van der Waals surface area contributed by atoms with Gasteiger partial charge in [0.25, 0.3) is 0 Å². The van der Waals surface area contributed by atoms with E-state index in [0.29, 0.717) is 11.5 Å². The highest BCUT2D eigenvalue weighted by Gasteiger charge is 2.19. The number of hydrogen-bond acceptors (Lipinski definition) is 5. The third-order valence-corrected chi connectivity index (χ3v) is 6.86. The number of benzene rings is 3. The highest BCUT2D eigenvalue weighted by atomic mass is 32.2. The number of ether oxygens (including phenoxy) is 2. The van der Waals surface area contributed by atoms with Crippen molar-refractivity contribution < 1.29 is 13.9 Å². The summed E-state index contributed by atoms with van der Waals surface area (Å²) in [5.74, 6) is 2.67. The summed E-state index contributed by atoms with van der Waals surface area (Å²) in [6.45, 7) is 4.26. The quantitative estimate of drug-likeness (QED) is 0.264. The average molecular weight is 478 g/mol. The largest absolute Gasteiger partial charge is 0.493 e. The van der Waals surface area contributed by atoms with Crippen LogP contribution in [-0.2, 0) is 5.75 Å². The summed E-state index contributed by atoms with van der Waals surface area (Å²) in [7, 11) is 5.20. The van der Waals surface area contributed by atoms with Gasteiger partial charge in [-0.05, 0) is 66.9 Å². The molecule has 0 saturated heterocycles. The van der Waals surface area contributed by atoms with Crippen molar-refractivity contribution in [1.82, 2.24) is 9.55 Å². The molecule has 0 aliphatic rings. The number of aromatic nitrogens is 2. The van der Waals surface area contributed by atoms with Gasteiger partial charge in [0.05, 0.1) is 20.4 Å². The van der Waals surface area contributed by atoms with Gasteiger partial charge in [-0.25, -0.2) is 9.37 Å². The molecule has 0 spiro atoms. The zero-order chi connectivity index (χ0) is 24.2. The molecule has 0 N–H and O–H groups in total. The van der Waals surface area contributed by atoms with E-state index in [-0.39, 0.29) is 5.82 Å². The molecule has 0 unspecified atom stereocenters. The lowest BCUT2D eigenvalue weighted by Crippen LogP contribution is -2.14. The van der Waals surface area contributed by atoms with Crippen LogP contribution in [0, 0.1) is 19.7 Å². The summed E-state index contributed by atoms with van der Waals surface area (Å²) in [5.41, 5.74) is 5.57. The first-order valence-corrected chi connectivity index (χ1v) is 11.9. The Morgan fingerprint density at radius 3 is 2.26 bits per heavy atom. The number of anilines is 2. The Kier molecular flexibility index (Phi) is 7.12. The molecule has 0 aliphatic heterocycles. The van der Waals surface area contributed by atoms with Crippen LogP contribution >= 0.6 is 11.8 Å². The predicted octanol–water partition coefficient (Wildman–Crippen LogP) is 6.71. The van der Waals surface area contributed by atoms with Crippen LogP contribution in [0.5, 0.6) is 11.5 Å². The minimum Gasteiger partial charge on any atom is -0.493 e. The molecule has 1 aromatic heterocycles. The van der Waals surface area contributed by atoms with Crippen molar-refractivity contribution >= 4 is 23.3 Å². The smallest absolute Gasteiger partial charge is 0.174 e. The number of imidazole rings is 1. The zero-order valence-corrected chi connectivity index (χ0v) is 20.8. The number of hydrogen-bond donors (Lipinski definition) is 0. The molecule has 0 saturated carbocycles. The van der Waals surface area contributed by atoms with E-state index in [0.717, 1.165) is 28.1 Å². The molecule has 3 aromatic carbocycles. The number of halogens is 1. The minimum absolute atomic E-state index is 0.275. The van der Waals surface area contributed by atoms with E-state index >= 15 is 0 Å². The van der Waals surface area contributed by atoms with Gasteiger partial charge in [0.1, 0.15) is 11.6 Å². The van der Waals surface area contributed by atoms with Gasteiger partial charge < -0.3 is 14.4 Å². The standard InChI is InChI=1S/C27H28FN3O2S/c1-18-7-6-8-19(2)23(18)17-34-27-29-16-26(31(27)21-11-9-20(28)10-12-21)30(3)22-13-14-24(32-4)25(15-22)33-5/h6-16H,17H2,1-5H3. The van der Waals surface area contributed by atoms with Crippen LogP contribution in [0.2, 0.25) is 0 Å². The number of nitrogens with zero attached hydrogens (tertiary/aromatic N) is 3. The fourth-order valence-corrected chi connectivity index (χ4v) is 5.06. The van der Waals surface area contributed by atoms with Crippen molar-refractivity contribution in [2.75, 3.05) is 26.2 Å². The lowest BCUT2D eigenvalue weighted by atomic mass is 10.1. The predicted molar refractivity (Wildman–Crippen MR) is 137 cm³/mol. The Morgan fingerprint density at radius 2 is 1.62 bits per heavy atom. The molecule has 0 aliphatic carbocycles. The highest BCUT2D eigenvalue weighted by molar-refractivity contribution is 7.98. The molecule has 34 heavy (non-hydrogen) atoms. The second kappa shape index (κ2) is 10.2. The van der Waals surface area contributed by atoms with E-state index in [4.69, 9.17) is 14.5 Å². The fraction of sp³-hybridized carbons (Fsp3) is 0.222. The first-order valence-electron chi connectivity index (χ1n) is 10.9. The van der Waals surface area contributed by atoms with Gasteiger partial charge in [-0.3, -0.25) is 4.57 Å². The fourth-order valence-electron chi connectivity index (χ4n) is 3.88. The van der Waals surface area contributed by atoms with E-state index < -0.39 is 0 Å². The van der Waals surface area contributed by atoms with Crippen LogP contribution in [0.15, 0.2) is 72.0 Å². The number of rotatable bonds is 8. The third kappa shape index (κ3) is 4.75. The van der Waals surface area contributed by atoms with Crippen LogP contribution in [0.1, 0.15) is 16.7 Å². The van der Waals surface area contributed by atoms with Crippen LogP contribution in [0.4, 0.5) is 15.9 Å². The monoisotopic (exact) mass is 477 g/mol. The summed E-state index contributed by atoms with van der Waals surface area (Å²) < 4.78 is 26.6. The molecule has 5 nitrogen and oxygen atoms in total. The molecule has 0 bridgehead atoms. The van der Waals surface area contributed by atoms with Gasteiger partial charge in [0.2, 0.25) is 0 Å². The van der Waals surface area contributed by atoms with Crippen LogP contribution in [0.25, 0.3) is 5.69 Å². The molecule has 7 heteroatoms. The first kappa shape index (κ1) is 23.7. The maximum absolute atomic E-state index is 13.7. The van der Waals surface area contributed by atoms with Crippen LogP contribution in [-0.4, -0.2) is 30.8 Å². The summed E-state index contributed by atoms with van der Waals surface area (Å²) in [6, 6.07) is 18.6. The maximum Gasteiger partial charge on any atom is 0.174 e. The molecule has 4 aromatic rings. The minimum atomic E-state index is -0.275. The second-order valence-electron chi connectivity index (χ2n) is 7.97. The lowest BCUT2D eigenvalue weighted by Gasteiger charge is -2.23. The van der Waals surface area contributed by atoms with Gasteiger partial charge in [-0.1, -0.05) is 30.0 Å². The molecule has 0 amide bonds. The van der Waals surface area contributed by atoms with Gasteiger partial charge in [-0.15, -0.1) is 0 Å². The molecule has 176 valence electrons. The van der Waals surface area contributed by atoms with Crippen LogP contribution < -0.4 is 14.4 Å². The number of methoxy groups -OCH3 is 2.